The third kappa shape index (κ3) is 4.65. The van der Waals surface area contributed by atoms with Crippen molar-refractivity contribution in [2.75, 3.05) is 11.9 Å². The van der Waals surface area contributed by atoms with Crippen LogP contribution in [0.2, 0.25) is 0 Å². The smallest absolute Gasteiger partial charge is 0.321 e. The highest BCUT2D eigenvalue weighted by Gasteiger charge is 2.36. The van der Waals surface area contributed by atoms with E-state index >= 15 is 0 Å². The summed E-state index contributed by atoms with van der Waals surface area (Å²) < 4.78 is 5.59. The number of urea groups is 1. The monoisotopic (exact) mass is 426 g/mol. The predicted octanol–water partition coefficient (Wildman–Crippen LogP) is 2.63. The van der Waals surface area contributed by atoms with Crippen molar-refractivity contribution in [2.45, 2.75) is 30.8 Å². The Morgan fingerprint density at radius 3 is 2.30 bits per heavy atom. The number of aromatic nitrogens is 2. The molecule has 1 aliphatic rings. The number of nitrogens with one attached hydrogen (secondary N) is 2. The van der Waals surface area contributed by atoms with E-state index < -0.39 is 24.3 Å². The second-order valence-electron chi connectivity index (χ2n) is 6.95. The van der Waals surface area contributed by atoms with E-state index in [1.807, 2.05) is 60.7 Å². The lowest BCUT2D eigenvalue weighted by atomic mass is 9.99. The molecule has 1 aliphatic heterocycles. The third-order valence-corrected chi connectivity index (χ3v) is 5.81. The van der Waals surface area contributed by atoms with Gasteiger partial charge in [-0.2, -0.15) is 0 Å². The van der Waals surface area contributed by atoms with E-state index in [9.17, 15) is 15.0 Å². The normalized spacial score (nSPS) is 21.0. The molecule has 0 saturated carbocycles. The van der Waals surface area contributed by atoms with Crippen molar-refractivity contribution in [1.82, 2.24) is 15.5 Å². The van der Waals surface area contributed by atoms with E-state index in [1.165, 1.54) is 11.3 Å². The van der Waals surface area contributed by atoms with Crippen LogP contribution in [0, 0.1) is 0 Å². The average molecular weight is 426 g/mol. The second-order valence-corrected chi connectivity index (χ2v) is 7.96. The van der Waals surface area contributed by atoms with E-state index in [1.54, 1.807) is 0 Å². The van der Waals surface area contributed by atoms with Gasteiger partial charge < -0.3 is 20.3 Å². The number of ether oxygens (including phenoxy) is 1. The zero-order valence-corrected chi connectivity index (χ0v) is 16.8. The molecule has 30 heavy (non-hydrogen) atoms. The molecule has 0 bridgehead atoms. The van der Waals surface area contributed by atoms with Crippen LogP contribution in [0.3, 0.4) is 0 Å². The van der Waals surface area contributed by atoms with E-state index in [0.717, 1.165) is 11.1 Å². The number of aliphatic hydroxyl groups excluding tert-OH is 2. The molecule has 3 aromatic rings. The Kier molecular flexibility index (Phi) is 6.34. The van der Waals surface area contributed by atoms with Gasteiger partial charge in [0.25, 0.3) is 0 Å². The summed E-state index contributed by atoms with van der Waals surface area (Å²) in [6.07, 6.45) is -1.50. The lowest BCUT2D eigenvalue weighted by Crippen LogP contribution is -2.33. The zero-order chi connectivity index (χ0) is 20.9. The first-order chi connectivity index (χ1) is 14.6. The van der Waals surface area contributed by atoms with Crippen LogP contribution in [0.4, 0.5) is 9.93 Å². The van der Waals surface area contributed by atoms with Crippen molar-refractivity contribution >= 4 is 22.5 Å². The summed E-state index contributed by atoms with van der Waals surface area (Å²) in [5.41, 5.74) is 1.92. The van der Waals surface area contributed by atoms with Crippen LogP contribution in [-0.2, 0) is 4.74 Å². The minimum atomic E-state index is -0.749. The molecular weight excluding hydrogens is 404 g/mol. The van der Waals surface area contributed by atoms with Gasteiger partial charge >= 0.3 is 6.03 Å². The molecule has 156 valence electrons. The van der Waals surface area contributed by atoms with Gasteiger partial charge in [-0.25, -0.2) is 4.79 Å². The fraction of sp³-hybridized carbons (Fsp3) is 0.286. The number of carbonyl (C=O) groups is 1. The van der Waals surface area contributed by atoms with Crippen LogP contribution in [-0.4, -0.2) is 45.3 Å². The molecule has 8 nitrogen and oxygen atoms in total. The number of carbonyl (C=O) groups excluding carboxylic acids is 1. The Morgan fingerprint density at radius 1 is 1.10 bits per heavy atom. The second kappa shape index (κ2) is 9.31. The molecule has 2 amide bonds. The first-order valence-electron chi connectivity index (χ1n) is 9.59. The van der Waals surface area contributed by atoms with E-state index in [4.69, 9.17) is 4.74 Å². The number of nitrogens with zero attached hydrogens (tertiary/aromatic N) is 2. The Morgan fingerprint density at radius 2 is 1.73 bits per heavy atom. The number of hydrogen-bond acceptors (Lipinski definition) is 7. The minimum Gasteiger partial charge on any atom is -0.394 e. The maximum atomic E-state index is 12.7. The summed E-state index contributed by atoms with van der Waals surface area (Å²) in [5.74, 6) is 0. The highest BCUT2D eigenvalue weighted by atomic mass is 32.1. The van der Waals surface area contributed by atoms with Gasteiger partial charge in [0, 0.05) is 6.42 Å². The maximum absolute atomic E-state index is 12.7. The molecule has 4 rings (SSSR count). The Balaban J connectivity index is 1.44. The number of benzene rings is 2. The molecule has 1 fully saturated rings. The van der Waals surface area contributed by atoms with Crippen LogP contribution < -0.4 is 10.6 Å². The highest BCUT2D eigenvalue weighted by molar-refractivity contribution is 7.15. The summed E-state index contributed by atoms with van der Waals surface area (Å²) in [7, 11) is 0. The summed E-state index contributed by atoms with van der Waals surface area (Å²) in [4.78, 5) is 12.7. The number of anilines is 1. The van der Waals surface area contributed by atoms with Gasteiger partial charge in [0.1, 0.15) is 17.2 Å². The molecule has 0 unspecified atom stereocenters. The molecule has 0 aliphatic carbocycles. The largest absolute Gasteiger partial charge is 0.394 e. The standard InChI is InChI=1S/C21H22N4O4S/c26-12-17-15(27)11-16(29-17)19-24-25-21(30-19)23-20(28)22-18(13-7-3-1-4-8-13)14-9-5-2-6-10-14/h1-10,15-18,26-27H,11-12H2,(H2,22,23,25,28)/t15-,16+,17+/m0/s1. The molecule has 0 spiro atoms. The minimum absolute atomic E-state index is 0.260. The molecule has 9 heteroatoms. The summed E-state index contributed by atoms with van der Waals surface area (Å²) in [5, 5.41) is 33.7. The van der Waals surface area contributed by atoms with Gasteiger partial charge in [0.15, 0.2) is 0 Å². The highest BCUT2D eigenvalue weighted by Crippen LogP contribution is 2.35. The van der Waals surface area contributed by atoms with Crippen LogP contribution in [0.1, 0.15) is 34.7 Å². The lowest BCUT2D eigenvalue weighted by Gasteiger charge is -2.19. The molecule has 3 atom stereocenters. The zero-order valence-electron chi connectivity index (χ0n) is 16.0. The fourth-order valence-electron chi connectivity index (χ4n) is 3.38. The Bertz CT molecular complexity index is 930. The van der Waals surface area contributed by atoms with Crippen LogP contribution in [0.25, 0.3) is 0 Å². The van der Waals surface area contributed by atoms with Gasteiger partial charge in [0.05, 0.1) is 18.8 Å². The maximum Gasteiger partial charge on any atom is 0.321 e. The first-order valence-corrected chi connectivity index (χ1v) is 10.4. The first kappa shape index (κ1) is 20.4. The van der Waals surface area contributed by atoms with Gasteiger partial charge in [-0.1, -0.05) is 72.0 Å². The van der Waals surface area contributed by atoms with Gasteiger partial charge in [-0.05, 0) is 11.1 Å². The van der Waals surface area contributed by atoms with Crippen LogP contribution in [0.15, 0.2) is 60.7 Å². The summed E-state index contributed by atoms with van der Waals surface area (Å²) >= 11 is 1.18. The quantitative estimate of drug-likeness (QED) is 0.482. The van der Waals surface area contributed by atoms with E-state index in [0.29, 0.717) is 16.6 Å². The fourth-order valence-corrected chi connectivity index (χ4v) is 4.17. The molecule has 1 saturated heterocycles. The van der Waals surface area contributed by atoms with Crippen molar-refractivity contribution in [2.24, 2.45) is 0 Å². The average Bonchev–Trinajstić information content (AvgIpc) is 3.39. The lowest BCUT2D eigenvalue weighted by molar-refractivity contribution is -0.0227. The van der Waals surface area contributed by atoms with Gasteiger partial charge in [-0.3, -0.25) is 5.32 Å². The van der Waals surface area contributed by atoms with Gasteiger partial charge in [-0.15, -0.1) is 10.2 Å². The molecular formula is C21H22N4O4S. The van der Waals surface area contributed by atoms with Crippen LogP contribution in [0.5, 0.6) is 0 Å². The number of rotatable bonds is 6. The van der Waals surface area contributed by atoms with Gasteiger partial charge in [0.2, 0.25) is 5.13 Å². The molecule has 2 aromatic carbocycles. The summed E-state index contributed by atoms with van der Waals surface area (Å²) in [6.45, 7) is -0.260. The van der Waals surface area contributed by atoms with Crippen molar-refractivity contribution in [1.29, 1.82) is 0 Å². The molecule has 4 N–H and O–H groups in total. The Labute approximate surface area is 177 Å². The summed E-state index contributed by atoms with van der Waals surface area (Å²) in [6, 6.07) is 18.7. The molecule has 0 radical (unpaired) electrons. The van der Waals surface area contributed by atoms with E-state index in [-0.39, 0.29) is 12.6 Å². The van der Waals surface area contributed by atoms with E-state index in [2.05, 4.69) is 20.8 Å². The number of aliphatic hydroxyl groups is 2. The van der Waals surface area contributed by atoms with Crippen molar-refractivity contribution < 1.29 is 19.7 Å². The van der Waals surface area contributed by atoms with Crippen LogP contribution >= 0.6 is 11.3 Å². The number of hydrogen-bond donors (Lipinski definition) is 4. The number of amides is 2. The molecule has 1 aromatic heterocycles. The Hall–Kier alpha value is -2.85. The third-order valence-electron chi connectivity index (χ3n) is 4.88. The topological polar surface area (TPSA) is 117 Å². The SMILES string of the molecule is O=C(Nc1nnc([C@H]2C[C@H](O)[C@@H](CO)O2)s1)NC(c1ccccc1)c1ccccc1. The predicted molar refractivity (Wildman–Crippen MR) is 112 cm³/mol. The molecule has 2 heterocycles. The van der Waals surface area contributed by atoms with Crippen molar-refractivity contribution in [3.63, 3.8) is 0 Å². The van der Waals surface area contributed by atoms with Crippen molar-refractivity contribution in [3.05, 3.63) is 76.8 Å². The van der Waals surface area contributed by atoms with Crippen molar-refractivity contribution in [3.8, 4) is 0 Å².